The van der Waals surface area contributed by atoms with Gasteiger partial charge in [-0.3, -0.25) is 9.10 Å². The molecule has 0 unspecified atom stereocenters. The number of rotatable bonds is 9. The Hall–Kier alpha value is -2.22. The van der Waals surface area contributed by atoms with Crippen LogP contribution in [0.4, 0.5) is 5.69 Å². The van der Waals surface area contributed by atoms with Crippen molar-refractivity contribution < 1.29 is 17.6 Å². The fourth-order valence-electron chi connectivity index (χ4n) is 2.64. The number of hydrogen-bond donors (Lipinski definition) is 0. The minimum absolute atomic E-state index is 0.108. The molecule has 0 radical (unpaired) electrons. The fraction of sp³-hybridized carbons (Fsp3) is 0.375. The van der Waals surface area contributed by atoms with Gasteiger partial charge in [0.15, 0.2) is 8.32 Å². The predicted octanol–water partition coefficient (Wildman–Crippen LogP) is 5.58. The van der Waals surface area contributed by atoms with Gasteiger partial charge < -0.3 is 4.43 Å². The highest BCUT2D eigenvalue weighted by atomic mass is 32.2. The molecule has 168 valence electrons. The van der Waals surface area contributed by atoms with Crippen molar-refractivity contribution in [2.45, 2.75) is 50.7 Å². The number of nitrogens with zero attached hydrogens (tertiary/aromatic N) is 1. The third-order valence-electron chi connectivity index (χ3n) is 5.69. The molecular formula is C24H33NO4SSi. The lowest BCUT2D eigenvalue weighted by atomic mass is 10.2. The van der Waals surface area contributed by atoms with E-state index in [0.29, 0.717) is 24.1 Å². The van der Waals surface area contributed by atoms with Gasteiger partial charge in [0.2, 0.25) is 0 Å². The molecule has 0 aliphatic rings. The summed E-state index contributed by atoms with van der Waals surface area (Å²) in [6.07, 6.45) is 4.37. The first-order valence-corrected chi connectivity index (χ1v) is 14.7. The molecular weight excluding hydrogens is 426 g/mol. The maximum atomic E-state index is 13.4. The van der Waals surface area contributed by atoms with Crippen LogP contribution in [-0.4, -0.2) is 36.2 Å². The molecule has 0 amide bonds. The van der Waals surface area contributed by atoms with E-state index >= 15 is 0 Å². The molecule has 0 saturated carbocycles. The van der Waals surface area contributed by atoms with E-state index in [-0.39, 0.29) is 16.5 Å². The highest BCUT2D eigenvalue weighted by molar-refractivity contribution is 7.92. The second-order valence-corrected chi connectivity index (χ2v) is 15.8. The summed E-state index contributed by atoms with van der Waals surface area (Å²) in [5.74, 6) is 0. The minimum Gasteiger partial charge on any atom is -0.413 e. The number of aldehydes is 1. The summed E-state index contributed by atoms with van der Waals surface area (Å²) >= 11 is 0. The van der Waals surface area contributed by atoms with Crippen LogP contribution < -0.4 is 4.31 Å². The van der Waals surface area contributed by atoms with E-state index < -0.39 is 18.3 Å². The van der Waals surface area contributed by atoms with E-state index in [1.807, 2.05) is 13.0 Å². The topological polar surface area (TPSA) is 63.7 Å². The van der Waals surface area contributed by atoms with E-state index in [1.54, 1.807) is 54.6 Å². The summed E-state index contributed by atoms with van der Waals surface area (Å²) in [5, 5.41) is 0.108. The van der Waals surface area contributed by atoms with Gasteiger partial charge in [0.25, 0.3) is 10.0 Å². The van der Waals surface area contributed by atoms with Crippen LogP contribution in [0.2, 0.25) is 18.1 Å². The van der Waals surface area contributed by atoms with E-state index in [0.717, 1.165) is 5.56 Å². The second-order valence-electron chi connectivity index (χ2n) is 9.10. The number of aryl methyl sites for hydroxylation is 1. The van der Waals surface area contributed by atoms with E-state index in [2.05, 4.69) is 33.9 Å². The van der Waals surface area contributed by atoms with Crippen molar-refractivity contribution >= 4 is 30.3 Å². The van der Waals surface area contributed by atoms with Gasteiger partial charge >= 0.3 is 0 Å². The average Bonchev–Trinajstić information content (AvgIpc) is 2.70. The summed E-state index contributed by atoms with van der Waals surface area (Å²) in [6.45, 7) is 13.4. The standard InChI is InChI=1S/C24H33NO4SSi/c1-20-12-14-23(15-13-20)30(27,28)25(22-11-9-10-21(18-22)19-26)16-7-8-17-29-31(5,6)24(2,3)4/h7-15,18-19H,16-17H2,1-6H3. The number of carbonyl (C=O) groups excluding carboxylic acids is 1. The van der Waals surface area contributed by atoms with Crippen molar-refractivity contribution in [2.75, 3.05) is 17.5 Å². The lowest BCUT2D eigenvalue weighted by molar-refractivity contribution is 0.112. The largest absolute Gasteiger partial charge is 0.413 e. The molecule has 2 aromatic rings. The fourth-order valence-corrected chi connectivity index (χ4v) is 5.00. The van der Waals surface area contributed by atoms with Crippen LogP contribution in [0.25, 0.3) is 0 Å². The van der Waals surface area contributed by atoms with Crippen LogP contribution in [0.3, 0.4) is 0 Å². The van der Waals surface area contributed by atoms with E-state index in [4.69, 9.17) is 4.43 Å². The van der Waals surface area contributed by atoms with Crippen LogP contribution in [0.15, 0.2) is 65.6 Å². The Labute approximate surface area is 187 Å². The summed E-state index contributed by atoms with van der Waals surface area (Å²) in [4.78, 5) is 11.4. The van der Waals surface area contributed by atoms with Crippen LogP contribution in [0.5, 0.6) is 0 Å². The van der Waals surface area contributed by atoms with Crippen LogP contribution in [-0.2, 0) is 14.4 Å². The molecule has 0 fully saturated rings. The predicted molar refractivity (Wildman–Crippen MR) is 130 cm³/mol. The van der Waals surface area contributed by atoms with Gasteiger partial charge in [-0.25, -0.2) is 8.42 Å². The third-order valence-corrected chi connectivity index (χ3v) is 12.0. The van der Waals surface area contributed by atoms with Gasteiger partial charge in [-0.05, 0) is 49.3 Å². The number of carbonyl (C=O) groups is 1. The summed E-state index contributed by atoms with van der Waals surface area (Å²) in [6, 6.07) is 13.4. The molecule has 0 N–H and O–H groups in total. The number of benzene rings is 2. The first kappa shape index (κ1) is 25.0. The van der Waals surface area contributed by atoms with Crippen molar-refractivity contribution in [1.82, 2.24) is 0 Å². The second kappa shape index (κ2) is 9.93. The van der Waals surface area contributed by atoms with Crippen molar-refractivity contribution in [3.63, 3.8) is 0 Å². The molecule has 0 aliphatic carbocycles. The lowest BCUT2D eigenvalue weighted by Crippen LogP contribution is -2.40. The summed E-state index contributed by atoms with van der Waals surface area (Å²) < 4.78 is 34.2. The number of sulfonamides is 1. The summed E-state index contributed by atoms with van der Waals surface area (Å²) in [5.41, 5.74) is 1.85. The van der Waals surface area contributed by atoms with Crippen LogP contribution in [0.1, 0.15) is 36.7 Å². The van der Waals surface area contributed by atoms with Crippen LogP contribution in [0, 0.1) is 6.92 Å². The minimum atomic E-state index is -3.80. The third kappa shape index (κ3) is 6.38. The Bertz CT molecular complexity index is 1020. The Morgan fingerprint density at radius 1 is 1.03 bits per heavy atom. The normalized spacial score (nSPS) is 12.8. The molecule has 0 saturated heterocycles. The Morgan fingerprint density at radius 2 is 1.68 bits per heavy atom. The lowest BCUT2D eigenvalue weighted by Gasteiger charge is -2.35. The van der Waals surface area contributed by atoms with Gasteiger partial charge in [0.1, 0.15) is 6.29 Å². The number of anilines is 1. The Kier molecular flexibility index (Phi) is 8.02. The zero-order valence-corrected chi connectivity index (χ0v) is 21.1. The smallest absolute Gasteiger partial charge is 0.264 e. The molecule has 31 heavy (non-hydrogen) atoms. The monoisotopic (exact) mass is 459 g/mol. The van der Waals surface area contributed by atoms with Crippen molar-refractivity contribution in [1.29, 1.82) is 0 Å². The van der Waals surface area contributed by atoms with Crippen molar-refractivity contribution in [3.05, 3.63) is 71.8 Å². The van der Waals surface area contributed by atoms with Gasteiger partial charge in [-0.1, -0.05) is 62.8 Å². The summed E-state index contributed by atoms with van der Waals surface area (Å²) in [7, 11) is -5.68. The molecule has 2 rings (SSSR count). The highest BCUT2D eigenvalue weighted by Gasteiger charge is 2.36. The quantitative estimate of drug-likeness (QED) is 0.279. The number of hydrogen-bond acceptors (Lipinski definition) is 4. The van der Waals surface area contributed by atoms with Gasteiger partial charge in [-0.15, -0.1) is 0 Å². The first-order chi connectivity index (χ1) is 14.4. The maximum Gasteiger partial charge on any atom is 0.264 e. The molecule has 0 atom stereocenters. The molecule has 0 aromatic heterocycles. The molecule has 5 nitrogen and oxygen atoms in total. The van der Waals surface area contributed by atoms with E-state index in [1.165, 1.54) is 4.31 Å². The Morgan fingerprint density at radius 3 is 2.26 bits per heavy atom. The molecule has 0 spiro atoms. The molecule has 0 aliphatic heterocycles. The molecule has 7 heteroatoms. The van der Waals surface area contributed by atoms with Crippen molar-refractivity contribution in [2.24, 2.45) is 0 Å². The Balaban J connectivity index is 2.28. The maximum absolute atomic E-state index is 13.4. The van der Waals surface area contributed by atoms with Crippen LogP contribution >= 0.6 is 0 Å². The van der Waals surface area contributed by atoms with Gasteiger partial charge in [0, 0.05) is 5.56 Å². The van der Waals surface area contributed by atoms with Crippen molar-refractivity contribution in [3.8, 4) is 0 Å². The van der Waals surface area contributed by atoms with E-state index in [9.17, 15) is 13.2 Å². The molecule has 2 aromatic carbocycles. The zero-order chi connectivity index (χ0) is 23.3. The van der Waals surface area contributed by atoms with Gasteiger partial charge in [0.05, 0.1) is 23.7 Å². The molecule has 0 heterocycles. The molecule has 0 bridgehead atoms. The SMILES string of the molecule is Cc1ccc(S(=O)(=O)N(CC=CCO[Si](C)(C)C(C)(C)C)c2cccc(C=O)c2)cc1. The van der Waals surface area contributed by atoms with Gasteiger partial charge in [-0.2, -0.15) is 0 Å². The first-order valence-electron chi connectivity index (χ1n) is 10.3. The zero-order valence-electron chi connectivity index (χ0n) is 19.3. The highest BCUT2D eigenvalue weighted by Crippen LogP contribution is 2.36. The average molecular weight is 460 g/mol.